The maximum absolute atomic E-state index is 11.9. The van der Waals surface area contributed by atoms with E-state index >= 15 is 0 Å². The number of imidazole rings is 1. The Hall–Kier alpha value is -2.86. The average Bonchev–Trinajstić information content (AvgIpc) is 3.24. The molecule has 0 spiro atoms. The SMILES string of the molecule is O=C(Nc1ccc(-c2cn3ccsc3n2)cc1)c1ccoc1. The fraction of sp³-hybridized carbons (Fsp3) is 0. The number of hydrogen-bond acceptors (Lipinski definition) is 4. The number of carbonyl (C=O) groups excluding carboxylic acids is 1. The lowest BCUT2D eigenvalue weighted by Crippen LogP contribution is -2.10. The highest BCUT2D eigenvalue weighted by Gasteiger charge is 2.08. The number of furan rings is 1. The van der Waals surface area contributed by atoms with Gasteiger partial charge in [0.1, 0.15) is 6.26 Å². The molecule has 0 saturated carbocycles. The van der Waals surface area contributed by atoms with Crippen molar-refractivity contribution in [3.05, 3.63) is 66.2 Å². The maximum atomic E-state index is 11.9. The molecule has 0 bridgehead atoms. The molecule has 4 rings (SSSR count). The van der Waals surface area contributed by atoms with Crippen LogP contribution in [-0.2, 0) is 0 Å². The summed E-state index contributed by atoms with van der Waals surface area (Å²) in [5.41, 5.74) is 3.16. The van der Waals surface area contributed by atoms with Crippen molar-refractivity contribution < 1.29 is 9.21 Å². The van der Waals surface area contributed by atoms with Gasteiger partial charge in [0, 0.05) is 29.0 Å². The van der Waals surface area contributed by atoms with Crippen LogP contribution in [0, 0.1) is 0 Å². The number of amides is 1. The molecule has 0 aliphatic rings. The van der Waals surface area contributed by atoms with E-state index in [-0.39, 0.29) is 5.91 Å². The first kappa shape index (κ1) is 12.8. The Balaban J connectivity index is 1.55. The minimum absolute atomic E-state index is 0.191. The van der Waals surface area contributed by atoms with E-state index in [1.807, 2.05) is 46.4 Å². The van der Waals surface area contributed by atoms with Crippen LogP contribution in [0.15, 0.2) is 65.0 Å². The zero-order valence-electron chi connectivity index (χ0n) is 11.4. The standard InChI is InChI=1S/C16H11N3O2S/c20-15(12-5-7-21-10-12)17-13-3-1-11(2-4-13)14-9-19-6-8-22-16(19)18-14/h1-10H,(H,17,20). The molecule has 3 aromatic heterocycles. The summed E-state index contributed by atoms with van der Waals surface area (Å²) in [5, 5.41) is 4.82. The molecule has 1 aromatic carbocycles. The third-order valence-electron chi connectivity index (χ3n) is 3.32. The van der Waals surface area contributed by atoms with Crippen LogP contribution in [0.1, 0.15) is 10.4 Å². The Bertz CT molecular complexity index is 892. The van der Waals surface area contributed by atoms with Gasteiger partial charge in [-0.05, 0) is 18.2 Å². The predicted octanol–water partition coefficient (Wildman–Crippen LogP) is 3.91. The number of anilines is 1. The van der Waals surface area contributed by atoms with Crippen LogP contribution in [0.5, 0.6) is 0 Å². The fourth-order valence-electron chi connectivity index (χ4n) is 2.19. The summed E-state index contributed by atoms with van der Waals surface area (Å²) in [4.78, 5) is 17.4. The van der Waals surface area contributed by atoms with Gasteiger partial charge in [0.15, 0.2) is 4.96 Å². The lowest BCUT2D eigenvalue weighted by Gasteiger charge is -2.04. The van der Waals surface area contributed by atoms with Gasteiger partial charge in [-0.1, -0.05) is 12.1 Å². The predicted molar refractivity (Wildman–Crippen MR) is 85.2 cm³/mol. The Kier molecular flexibility index (Phi) is 3.01. The van der Waals surface area contributed by atoms with Crippen LogP contribution in [0.3, 0.4) is 0 Å². The number of nitrogens with one attached hydrogen (secondary N) is 1. The van der Waals surface area contributed by atoms with Crippen LogP contribution in [-0.4, -0.2) is 15.3 Å². The van der Waals surface area contributed by atoms with Crippen molar-refractivity contribution in [3.63, 3.8) is 0 Å². The average molecular weight is 309 g/mol. The summed E-state index contributed by atoms with van der Waals surface area (Å²) >= 11 is 1.60. The van der Waals surface area contributed by atoms with E-state index in [0.29, 0.717) is 5.56 Å². The molecule has 6 heteroatoms. The molecule has 4 aromatic rings. The summed E-state index contributed by atoms with van der Waals surface area (Å²) in [5.74, 6) is -0.191. The lowest BCUT2D eigenvalue weighted by atomic mass is 10.1. The highest BCUT2D eigenvalue weighted by Crippen LogP contribution is 2.23. The first-order valence-corrected chi connectivity index (χ1v) is 7.54. The highest BCUT2D eigenvalue weighted by molar-refractivity contribution is 7.15. The maximum Gasteiger partial charge on any atom is 0.258 e. The van der Waals surface area contributed by atoms with E-state index in [1.165, 1.54) is 12.5 Å². The third-order valence-corrected chi connectivity index (χ3v) is 4.09. The monoisotopic (exact) mass is 309 g/mol. The largest absolute Gasteiger partial charge is 0.472 e. The van der Waals surface area contributed by atoms with Crippen molar-refractivity contribution >= 4 is 27.9 Å². The molecule has 22 heavy (non-hydrogen) atoms. The normalized spacial score (nSPS) is 10.9. The second-order valence-corrected chi connectivity index (χ2v) is 5.64. The van der Waals surface area contributed by atoms with Crippen molar-refractivity contribution in [2.24, 2.45) is 0 Å². The van der Waals surface area contributed by atoms with E-state index in [0.717, 1.165) is 21.9 Å². The van der Waals surface area contributed by atoms with Crippen molar-refractivity contribution in [2.75, 3.05) is 5.32 Å². The van der Waals surface area contributed by atoms with E-state index in [2.05, 4.69) is 10.3 Å². The Morgan fingerprint density at radius 3 is 2.82 bits per heavy atom. The Morgan fingerprint density at radius 1 is 1.23 bits per heavy atom. The molecule has 5 nitrogen and oxygen atoms in total. The molecule has 0 unspecified atom stereocenters. The molecule has 108 valence electrons. The van der Waals surface area contributed by atoms with Crippen molar-refractivity contribution in [3.8, 4) is 11.3 Å². The molecule has 1 N–H and O–H groups in total. The van der Waals surface area contributed by atoms with E-state index < -0.39 is 0 Å². The molecular formula is C16H11N3O2S. The Morgan fingerprint density at radius 2 is 2.09 bits per heavy atom. The van der Waals surface area contributed by atoms with Gasteiger partial charge in [-0.25, -0.2) is 4.98 Å². The minimum atomic E-state index is -0.191. The zero-order valence-corrected chi connectivity index (χ0v) is 12.2. The summed E-state index contributed by atoms with van der Waals surface area (Å²) < 4.78 is 6.90. The quantitative estimate of drug-likeness (QED) is 0.624. The molecular weight excluding hydrogens is 298 g/mol. The topological polar surface area (TPSA) is 59.5 Å². The summed E-state index contributed by atoms with van der Waals surface area (Å²) in [6.45, 7) is 0. The molecule has 0 atom stereocenters. The number of fused-ring (bicyclic) bond motifs is 1. The number of aromatic nitrogens is 2. The van der Waals surface area contributed by atoms with Crippen LogP contribution in [0.2, 0.25) is 0 Å². The van der Waals surface area contributed by atoms with E-state index in [4.69, 9.17) is 4.42 Å². The third kappa shape index (κ3) is 2.29. The van der Waals surface area contributed by atoms with Crippen LogP contribution in [0.25, 0.3) is 16.2 Å². The first-order chi connectivity index (χ1) is 10.8. The van der Waals surface area contributed by atoms with Gasteiger partial charge in [0.2, 0.25) is 0 Å². The van der Waals surface area contributed by atoms with Crippen LogP contribution < -0.4 is 5.32 Å². The molecule has 0 fully saturated rings. The summed E-state index contributed by atoms with van der Waals surface area (Å²) in [7, 11) is 0. The molecule has 3 heterocycles. The number of rotatable bonds is 3. The van der Waals surface area contributed by atoms with Crippen LogP contribution >= 0.6 is 11.3 Å². The number of carbonyl (C=O) groups is 1. The van der Waals surface area contributed by atoms with Crippen molar-refractivity contribution in [2.45, 2.75) is 0 Å². The van der Waals surface area contributed by atoms with Gasteiger partial charge < -0.3 is 9.73 Å². The fourth-order valence-corrected chi connectivity index (χ4v) is 2.89. The summed E-state index contributed by atoms with van der Waals surface area (Å²) in [6.07, 6.45) is 6.87. The number of thiazole rings is 1. The lowest BCUT2D eigenvalue weighted by molar-refractivity contribution is 0.102. The zero-order chi connectivity index (χ0) is 14.9. The molecule has 0 aliphatic carbocycles. The second kappa shape index (κ2) is 5.16. The van der Waals surface area contributed by atoms with E-state index in [9.17, 15) is 4.79 Å². The minimum Gasteiger partial charge on any atom is -0.472 e. The molecule has 0 saturated heterocycles. The van der Waals surface area contributed by atoms with Crippen molar-refractivity contribution in [1.82, 2.24) is 9.38 Å². The van der Waals surface area contributed by atoms with Crippen molar-refractivity contribution in [1.29, 1.82) is 0 Å². The molecule has 0 radical (unpaired) electrons. The van der Waals surface area contributed by atoms with Gasteiger partial charge >= 0.3 is 0 Å². The van der Waals surface area contributed by atoms with Gasteiger partial charge in [-0.15, -0.1) is 11.3 Å². The number of benzene rings is 1. The number of nitrogens with zero attached hydrogens (tertiary/aromatic N) is 2. The van der Waals surface area contributed by atoms with Gasteiger partial charge in [-0.2, -0.15) is 0 Å². The number of hydrogen-bond donors (Lipinski definition) is 1. The van der Waals surface area contributed by atoms with Gasteiger partial charge in [-0.3, -0.25) is 9.20 Å². The van der Waals surface area contributed by atoms with Crippen LogP contribution in [0.4, 0.5) is 5.69 Å². The van der Waals surface area contributed by atoms with E-state index in [1.54, 1.807) is 17.4 Å². The molecule has 1 amide bonds. The Labute approximate surface area is 129 Å². The molecule has 0 aliphatic heterocycles. The van der Waals surface area contributed by atoms with Gasteiger partial charge in [0.25, 0.3) is 5.91 Å². The second-order valence-electron chi connectivity index (χ2n) is 4.76. The summed E-state index contributed by atoms with van der Waals surface area (Å²) in [6, 6.07) is 9.23. The van der Waals surface area contributed by atoms with Gasteiger partial charge in [0.05, 0.1) is 17.5 Å². The highest BCUT2D eigenvalue weighted by atomic mass is 32.1. The first-order valence-electron chi connectivity index (χ1n) is 6.66. The smallest absolute Gasteiger partial charge is 0.258 e.